The predicted octanol–water partition coefficient (Wildman–Crippen LogP) is 4.42. The number of piperidine rings is 1. The maximum atomic E-state index is 13.1. The van der Waals surface area contributed by atoms with Crippen LogP contribution in [0.5, 0.6) is 0 Å². The van der Waals surface area contributed by atoms with Crippen molar-refractivity contribution in [3.8, 4) is 0 Å². The van der Waals surface area contributed by atoms with Gasteiger partial charge in [0.2, 0.25) is 5.91 Å². The van der Waals surface area contributed by atoms with Crippen LogP contribution in [0.1, 0.15) is 22.5 Å². The van der Waals surface area contributed by atoms with Gasteiger partial charge in [-0.15, -0.1) is 11.3 Å². The Morgan fingerprint density at radius 2 is 1.89 bits per heavy atom. The molecule has 0 aliphatic carbocycles. The van der Waals surface area contributed by atoms with Crippen LogP contribution in [0.3, 0.4) is 0 Å². The van der Waals surface area contributed by atoms with Crippen molar-refractivity contribution in [2.75, 3.05) is 25.0 Å². The highest BCUT2D eigenvalue weighted by Crippen LogP contribution is 2.26. The van der Waals surface area contributed by atoms with E-state index in [1.165, 1.54) is 11.3 Å². The fraction of sp³-hybridized carbons (Fsp3) is 0.273. The van der Waals surface area contributed by atoms with Crippen LogP contribution in [-0.2, 0) is 4.79 Å². The van der Waals surface area contributed by atoms with Crippen molar-refractivity contribution in [3.05, 3.63) is 64.9 Å². The third-order valence-corrected chi connectivity index (χ3v) is 6.10. The molecule has 0 N–H and O–H groups in total. The van der Waals surface area contributed by atoms with Crippen molar-refractivity contribution in [2.45, 2.75) is 12.8 Å². The summed E-state index contributed by atoms with van der Waals surface area (Å²) in [4.78, 5) is 30.0. The van der Waals surface area contributed by atoms with E-state index in [9.17, 15) is 9.59 Å². The average Bonchev–Trinajstić information content (AvgIpc) is 3.26. The molecule has 1 unspecified atom stereocenters. The molecule has 1 saturated heterocycles. The van der Waals surface area contributed by atoms with Crippen LogP contribution in [0.4, 0.5) is 5.69 Å². The minimum absolute atomic E-state index is 0.0378. The topological polar surface area (TPSA) is 40.6 Å². The van der Waals surface area contributed by atoms with Gasteiger partial charge in [-0.25, -0.2) is 0 Å². The lowest BCUT2D eigenvalue weighted by Gasteiger charge is -2.33. The number of carbonyl (C=O) groups excluding carboxylic acids is 2. The Morgan fingerprint density at radius 1 is 1.07 bits per heavy atom. The zero-order valence-electron chi connectivity index (χ0n) is 15.3. The summed E-state index contributed by atoms with van der Waals surface area (Å²) in [5, 5.41) is 4.19. The largest absolute Gasteiger partial charge is 0.337 e. The van der Waals surface area contributed by atoms with Crippen LogP contribution in [0.15, 0.2) is 60.0 Å². The highest BCUT2D eigenvalue weighted by atomic mass is 32.1. The molecule has 3 aromatic rings. The van der Waals surface area contributed by atoms with E-state index in [1.54, 1.807) is 4.90 Å². The third-order valence-electron chi connectivity index (χ3n) is 5.24. The predicted molar refractivity (Wildman–Crippen MR) is 110 cm³/mol. The number of hydrogen-bond donors (Lipinski definition) is 0. The summed E-state index contributed by atoms with van der Waals surface area (Å²) in [6.07, 6.45) is 1.68. The first-order valence-corrected chi connectivity index (χ1v) is 10.1. The zero-order chi connectivity index (χ0) is 18.8. The molecule has 4 rings (SSSR count). The number of nitrogens with zero attached hydrogens (tertiary/aromatic N) is 2. The van der Waals surface area contributed by atoms with Crippen LogP contribution < -0.4 is 4.90 Å². The fourth-order valence-corrected chi connectivity index (χ4v) is 4.40. The first-order valence-electron chi connectivity index (χ1n) is 9.22. The molecule has 5 heteroatoms. The summed E-state index contributed by atoms with van der Waals surface area (Å²) in [5.74, 6) is -0.0380. The number of fused-ring (bicyclic) bond motifs is 1. The second-order valence-corrected chi connectivity index (χ2v) is 7.94. The summed E-state index contributed by atoms with van der Waals surface area (Å²) in [6, 6.07) is 17.9. The first-order chi connectivity index (χ1) is 13.1. The summed E-state index contributed by atoms with van der Waals surface area (Å²) in [5.41, 5.74) is 0.889. The Hall–Kier alpha value is -2.66. The van der Waals surface area contributed by atoms with E-state index in [0.717, 1.165) is 40.7 Å². The van der Waals surface area contributed by atoms with E-state index >= 15 is 0 Å². The smallest absolute Gasteiger partial charge is 0.263 e. The molecular weight excluding hydrogens is 356 g/mol. The molecule has 0 bridgehead atoms. The van der Waals surface area contributed by atoms with Crippen LogP contribution in [-0.4, -0.2) is 36.9 Å². The highest BCUT2D eigenvalue weighted by molar-refractivity contribution is 7.12. The number of amides is 2. The Bertz CT molecular complexity index is 967. The molecule has 4 nitrogen and oxygen atoms in total. The van der Waals surface area contributed by atoms with Crippen LogP contribution in [0, 0.1) is 5.92 Å². The lowest BCUT2D eigenvalue weighted by molar-refractivity contribution is -0.123. The SMILES string of the molecule is CN(C(=O)C1CCCN(C(=O)c2cccs2)C1)c1ccc2ccccc2c1. The molecule has 2 heterocycles. The van der Waals surface area contributed by atoms with Crippen molar-refractivity contribution in [2.24, 2.45) is 5.92 Å². The van der Waals surface area contributed by atoms with Gasteiger partial charge in [0.25, 0.3) is 5.91 Å². The van der Waals surface area contributed by atoms with Gasteiger partial charge in [0.1, 0.15) is 0 Å². The number of rotatable bonds is 3. The van der Waals surface area contributed by atoms with Crippen molar-refractivity contribution in [1.29, 1.82) is 0 Å². The van der Waals surface area contributed by atoms with Crippen LogP contribution >= 0.6 is 11.3 Å². The molecule has 1 atom stereocenters. The van der Waals surface area contributed by atoms with Crippen LogP contribution in [0.25, 0.3) is 10.8 Å². The number of likely N-dealkylation sites (tertiary alicyclic amines) is 1. The monoisotopic (exact) mass is 378 g/mol. The molecule has 27 heavy (non-hydrogen) atoms. The van der Waals surface area contributed by atoms with Crippen molar-refractivity contribution >= 4 is 39.6 Å². The number of carbonyl (C=O) groups is 2. The van der Waals surface area contributed by atoms with E-state index in [-0.39, 0.29) is 17.7 Å². The Labute approximate surface area is 163 Å². The quantitative estimate of drug-likeness (QED) is 0.677. The van der Waals surface area contributed by atoms with Gasteiger partial charge >= 0.3 is 0 Å². The van der Waals surface area contributed by atoms with Crippen molar-refractivity contribution in [1.82, 2.24) is 4.90 Å². The average molecular weight is 378 g/mol. The molecular formula is C22H22N2O2S. The van der Waals surface area contributed by atoms with Crippen molar-refractivity contribution in [3.63, 3.8) is 0 Å². The van der Waals surface area contributed by atoms with Crippen LogP contribution in [0.2, 0.25) is 0 Å². The van der Waals surface area contributed by atoms with Gasteiger partial charge in [0.15, 0.2) is 0 Å². The van der Waals surface area contributed by atoms with Gasteiger partial charge in [-0.2, -0.15) is 0 Å². The fourth-order valence-electron chi connectivity index (χ4n) is 3.71. The molecule has 1 aliphatic heterocycles. The number of benzene rings is 2. The molecule has 1 fully saturated rings. The second kappa shape index (κ2) is 7.53. The maximum Gasteiger partial charge on any atom is 0.263 e. The second-order valence-electron chi connectivity index (χ2n) is 7.00. The lowest BCUT2D eigenvalue weighted by Crippen LogP contribution is -2.45. The minimum Gasteiger partial charge on any atom is -0.337 e. The summed E-state index contributed by atoms with van der Waals surface area (Å²) in [6.45, 7) is 1.22. The lowest BCUT2D eigenvalue weighted by atomic mass is 9.96. The Morgan fingerprint density at radius 3 is 2.67 bits per heavy atom. The molecule has 138 valence electrons. The molecule has 0 radical (unpaired) electrons. The number of thiophene rings is 1. The molecule has 2 amide bonds. The molecule has 2 aromatic carbocycles. The van der Waals surface area contributed by atoms with Gasteiger partial charge < -0.3 is 9.80 Å². The van der Waals surface area contributed by atoms with Gasteiger partial charge in [-0.3, -0.25) is 9.59 Å². The highest BCUT2D eigenvalue weighted by Gasteiger charge is 2.31. The van der Waals surface area contributed by atoms with E-state index < -0.39 is 0 Å². The number of hydrogen-bond acceptors (Lipinski definition) is 3. The number of anilines is 1. The minimum atomic E-state index is -0.154. The molecule has 0 saturated carbocycles. The van der Waals surface area contributed by atoms with Gasteiger partial charge in [0.05, 0.1) is 10.8 Å². The molecule has 1 aliphatic rings. The molecule has 0 spiro atoms. The van der Waals surface area contributed by atoms with Gasteiger partial charge in [-0.05, 0) is 47.2 Å². The third kappa shape index (κ3) is 3.60. The van der Waals surface area contributed by atoms with Gasteiger partial charge in [0, 0.05) is 25.8 Å². The standard InChI is InChI=1S/C22H22N2O2S/c1-23(19-11-10-16-6-2-3-7-17(16)14-19)21(25)18-8-4-12-24(15-18)22(26)20-9-5-13-27-20/h2-3,5-7,9-11,13-14,18H,4,8,12,15H2,1H3. The zero-order valence-corrected chi connectivity index (χ0v) is 16.1. The summed E-state index contributed by atoms with van der Waals surface area (Å²) >= 11 is 1.45. The Kier molecular flexibility index (Phi) is 4.94. The Balaban J connectivity index is 1.49. The molecule has 1 aromatic heterocycles. The van der Waals surface area contributed by atoms with Gasteiger partial charge in [-0.1, -0.05) is 36.4 Å². The van der Waals surface area contributed by atoms with E-state index in [4.69, 9.17) is 0 Å². The normalized spacial score (nSPS) is 17.1. The first kappa shape index (κ1) is 17.7. The summed E-state index contributed by atoms with van der Waals surface area (Å²) < 4.78 is 0. The van der Waals surface area contributed by atoms with E-state index in [2.05, 4.69) is 12.1 Å². The van der Waals surface area contributed by atoms with E-state index in [0.29, 0.717) is 6.54 Å². The van der Waals surface area contributed by atoms with Crippen molar-refractivity contribution < 1.29 is 9.59 Å². The summed E-state index contributed by atoms with van der Waals surface area (Å²) in [7, 11) is 1.83. The van der Waals surface area contributed by atoms with E-state index in [1.807, 2.05) is 59.8 Å². The maximum absolute atomic E-state index is 13.1.